The van der Waals surface area contributed by atoms with Crippen molar-refractivity contribution in [3.8, 4) is 17.2 Å². The highest BCUT2D eigenvalue weighted by atomic mass is 35.5. The zero-order valence-electron chi connectivity index (χ0n) is 13.8. The maximum absolute atomic E-state index is 12.1. The molecule has 1 aliphatic carbocycles. The molecule has 1 aromatic carbocycles. The minimum absolute atomic E-state index is 0. The Hall–Kier alpha value is -1.66. The molecule has 7 heteroatoms. The van der Waals surface area contributed by atoms with Crippen LogP contribution in [0.5, 0.6) is 17.2 Å². The predicted octanol–water partition coefficient (Wildman–Crippen LogP) is 1.88. The highest BCUT2D eigenvalue weighted by molar-refractivity contribution is 5.85. The molecule has 0 spiro atoms. The van der Waals surface area contributed by atoms with Crippen molar-refractivity contribution in [1.29, 1.82) is 0 Å². The highest BCUT2D eigenvalue weighted by Crippen LogP contribution is 2.38. The topological polar surface area (TPSA) is 82.8 Å². The summed E-state index contributed by atoms with van der Waals surface area (Å²) in [5.41, 5.74) is 6.74. The normalized spacial score (nSPS) is 19.7. The van der Waals surface area contributed by atoms with Crippen molar-refractivity contribution >= 4 is 18.3 Å². The van der Waals surface area contributed by atoms with Crippen molar-refractivity contribution in [2.75, 3.05) is 21.3 Å². The number of ether oxygens (including phenoxy) is 3. The van der Waals surface area contributed by atoms with Crippen LogP contribution in [0.25, 0.3) is 0 Å². The number of halogens is 1. The zero-order valence-corrected chi connectivity index (χ0v) is 14.6. The van der Waals surface area contributed by atoms with Crippen LogP contribution in [-0.2, 0) is 11.3 Å². The predicted molar refractivity (Wildman–Crippen MR) is 90.5 cm³/mol. The number of amides is 1. The van der Waals surface area contributed by atoms with Crippen LogP contribution in [0, 0.1) is 5.92 Å². The van der Waals surface area contributed by atoms with E-state index in [-0.39, 0.29) is 30.3 Å². The Bertz CT molecular complexity index is 514. The van der Waals surface area contributed by atoms with Gasteiger partial charge in [0, 0.05) is 18.5 Å². The molecule has 1 aliphatic rings. The molecule has 2 unspecified atom stereocenters. The first-order valence-electron chi connectivity index (χ1n) is 7.41. The van der Waals surface area contributed by atoms with Crippen LogP contribution in [0.3, 0.4) is 0 Å². The molecule has 0 radical (unpaired) electrons. The first-order valence-corrected chi connectivity index (χ1v) is 7.41. The van der Waals surface area contributed by atoms with Crippen LogP contribution in [0.15, 0.2) is 12.1 Å². The van der Waals surface area contributed by atoms with Gasteiger partial charge in [0.15, 0.2) is 11.5 Å². The molecule has 130 valence electrons. The van der Waals surface area contributed by atoms with Crippen molar-refractivity contribution in [2.24, 2.45) is 11.7 Å². The quantitative estimate of drug-likeness (QED) is 0.823. The molecule has 1 amide bonds. The first-order chi connectivity index (χ1) is 10.6. The molecule has 1 saturated carbocycles. The number of hydrogen-bond acceptors (Lipinski definition) is 5. The lowest BCUT2D eigenvalue weighted by molar-refractivity contribution is -0.125. The van der Waals surface area contributed by atoms with Crippen LogP contribution in [-0.4, -0.2) is 33.3 Å². The Morgan fingerprint density at radius 3 is 2.22 bits per heavy atom. The number of methoxy groups -OCH3 is 3. The molecule has 2 atom stereocenters. The number of nitrogens with one attached hydrogen (secondary N) is 1. The molecular weight excluding hydrogens is 320 g/mol. The molecule has 6 nitrogen and oxygen atoms in total. The lowest BCUT2D eigenvalue weighted by atomic mass is 10.1. The summed E-state index contributed by atoms with van der Waals surface area (Å²) >= 11 is 0. The maximum atomic E-state index is 12.1. The number of carbonyl (C=O) groups excluding carboxylic acids is 1. The first kappa shape index (κ1) is 19.4. The molecule has 0 heterocycles. The summed E-state index contributed by atoms with van der Waals surface area (Å²) in [6.07, 6.45) is 2.55. The van der Waals surface area contributed by atoms with Gasteiger partial charge in [-0.2, -0.15) is 0 Å². The second kappa shape index (κ2) is 8.84. The third-order valence-corrected chi connectivity index (χ3v) is 4.04. The average Bonchev–Trinajstić information content (AvgIpc) is 2.97. The van der Waals surface area contributed by atoms with Crippen LogP contribution >= 0.6 is 12.4 Å². The Balaban J connectivity index is 0.00000264. The van der Waals surface area contributed by atoms with E-state index in [9.17, 15) is 4.79 Å². The van der Waals surface area contributed by atoms with E-state index in [0.717, 1.165) is 24.8 Å². The molecule has 0 saturated heterocycles. The summed E-state index contributed by atoms with van der Waals surface area (Å²) in [5.74, 6) is 1.78. The number of benzene rings is 1. The van der Waals surface area contributed by atoms with Crippen LogP contribution in [0.2, 0.25) is 0 Å². The van der Waals surface area contributed by atoms with Crippen molar-refractivity contribution in [3.63, 3.8) is 0 Å². The molecule has 0 aromatic heterocycles. The fourth-order valence-electron chi connectivity index (χ4n) is 2.83. The summed E-state index contributed by atoms with van der Waals surface area (Å²) in [4.78, 5) is 12.1. The smallest absolute Gasteiger partial charge is 0.223 e. The molecular formula is C16H25ClN2O4. The van der Waals surface area contributed by atoms with E-state index in [0.29, 0.717) is 23.8 Å². The van der Waals surface area contributed by atoms with Gasteiger partial charge in [-0.05, 0) is 37.0 Å². The van der Waals surface area contributed by atoms with Gasteiger partial charge in [0.05, 0.1) is 21.3 Å². The van der Waals surface area contributed by atoms with Gasteiger partial charge in [-0.25, -0.2) is 0 Å². The van der Waals surface area contributed by atoms with Gasteiger partial charge < -0.3 is 25.3 Å². The minimum atomic E-state index is 0. The minimum Gasteiger partial charge on any atom is -0.493 e. The average molecular weight is 345 g/mol. The molecule has 0 aliphatic heterocycles. The molecule has 23 heavy (non-hydrogen) atoms. The fraction of sp³-hybridized carbons (Fsp3) is 0.562. The largest absolute Gasteiger partial charge is 0.493 e. The third-order valence-electron chi connectivity index (χ3n) is 4.04. The number of rotatable bonds is 6. The molecule has 0 bridgehead atoms. The van der Waals surface area contributed by atoms with E-state index in [2.05, 4.69) is 5.32 Å². The monoisotopic (exact) mass is 344 g/mol. The van der Waals surface area contributed by atoms with E-state index in [1.165, 1.54) is 0 Å². The van der Waals surface area contributed by atoms with Gasteiger partial charge in [0.2, 0.25) is 11.7 Å². The second-order valence-electron chi connectivity index (χ2n) is 5.52. The summed E-state index contributed by atoms with van der Waals surface area (Å²) in [5, 5.41) is 2.96. The van der Waals surface area contributed by atoms with Gasteiger partial charge in [0.1, 0.15) is 0 Å². The summed E-state index contributed by atoms with van der Waals surface area (Å²) in [6.45, 7) is 0.418. The van der Waals surface area contributed by atoms with Crippen LogP contribution in [0.4, 0.5) is 0 Å². The summed E-state index contributed by atoms with van der Waals surface area (Å²) in [7, 11) is 4.70. The zero-order chi connectivity index (χ0) is 16.1. The Morgan fingerprint density at radius 2 is 1.78 bits per heavy atom. The second-order valence-corrected chi connectivity index (χ2v) is 5.52. The number of nitrogens with two attached hydrogens (primary N) is 1. The van der Waals surface area contributed by atoms with E-state index in [4.69, 9.17) is 19.9 Å². The number of carbonyl (C=O) groups is 1. The van der Waals surface area contributed by atoms with E-state index in [1.807, 2.05) is 12.1 Å². The maximum Gasteiger partial charge on any atom is 0.223 e. The van der Waals surface area contributed by atoms with Crippen molar-refractivity contribution in [3.05, 3.63) is 17.7 Å². The molecule has 2 rings (SSSR count). The molecule has 1 fully saturated rings. The SMILES string of the molecule is COc1cc(CNC(=O)C2CCC(N)C2)cc(OC)c1OC.Cl. The Labute approximate surface area is 143 Å². The van der Waals surface area contributed by atoms with E-state index < -0.39 is 0 Å². The van der Waals surface area contributed by atoms with Crippen LogP contribution in [0.1, 0.15) is 24.8 Å². The van der Waals surface area contributed by atoms with Gasteiger partial charge in [-0.3, -0.25) is 4.79 Å². The van der Waals surface area contributed by atoms with Gasteiger partial charge in [0.25, 0.3) is 0 Å². The third kappa shape index (κ3) is 4.65. The highest BCUT2D eigenvalue weighted by Gasteiger charge is 2.27. The van der Waals surface area contributed by atoms with Crippen molar-refractivity contribution in [1.82, 2.24) is 5.32 Å². The summed E-state index contributed by atoms with van der Waals surface area (Å²) in [6, 6.07) is 3.82. The molecule has 3 N–H and O–H groups in total. The van der Waals surface area contributed by atoms with Gasteiger partial charge in [-0.15, -0.1) is 12.4 Å². The van der Waals surface area contributed by atoms with Gasteiger partial charge >= 0.3 is 0 Å². The van der Waals surface area contributed by atoms with Crippen LogP contribution < -0.4 is 25.3 Å². The lowest BCUT2D eigenvalue weighted by Crippen LogP contribution is -2.30. The van der Waals surface area contributed by atoms with Crippen molar-refractivity contribution < 1.29 is 19.0 Å². The van der Waals surface area contributed by atoms with Crippen molar-refractivity contribution in [2.45, 2.75) is 31.8 Å². The fourth-order valence-corrected chi connectivity index (χ4v) is 2.83. The number of hydrogen-bond donors (Lipinski definition) is 2. The Morgan fingerprint density at radius 1 is 1.17 bits per heavy atom. The Kier molecular flexibility index (Phi) is 7.45. The van der Waals surface area contributed by atoms with Gasteiger partial charge in [-0.1, -0.05) is 0 Å². The van der Waals surface area contributed by atoms with E-state index >= 15 is 0 Å². The molecule has 1 aromatic rings. The standard InChI is InChI=1S/C16H24N2O4.ClH/c1-20-13-6-10(7-14(21-2)15(13)22-3)9-18-16(19)11-4-5-12(17)8-11;/h6-7,11-12H,4-5,8-9,17H2,1-3H3,(H,18,19);1H. The van der Waals surface area contributed by atoms with E-state index in [1.54, 1.807) is 21.3 Å². The lowest BCUT2D eigenvalue weighted by Gasteiger charge is -2.15. The summed E-state index contributed by atoms with van der Waals surface area (Å²) < 4.78 is 15.9.